The highest BCUT2D eigenvalue weighted by Gasteiger charge is 2.23. The summed E-state index contributed by atoms with van der Waals surface area (Å²) in [5.74, 6) is 0.694. The predicted molar refractivity (Wildman–Crippen MR) is 91.9 cm³/mol. The molecule has 23 heavy (non-hydrogen) atoms. The molecule has 0 spiro atoms. The van der Waals surface area contributed by atoms with Crippen molar-refractivity contribution in [1.29, 1.82) is 0 Å². The summed E-state index contributed by atoms with van der Waals surface area (Å²) in [5.41, 5.74) is 3.54. The first-order valence-corrected chi connectivity index (χ1v) is 7.94. The van der Waals surface area contributed by atoms with E-state index in [9.17, 15) is 4.79 Å². The largest absolute Gasteiger partial charge is 0.366 e. The minimum absolute atomic E-state index is 0.202. The maximum Gasteiger partial charge on any atom is 0.320 e. The van der Waals surface area contributed by atoms with Crippen LogP contribution in [0.3, 0.4) is 0 Å². The summed E-state index contributed by atoms with van der Waals surface area (Å²) in [7, 11) is 1.81. The number of aromatic nitrogens is 2. The third-order valence-electron chi connectivity index (χ3n) is 4.26. The van der Waals surface area contributed by atoms with E-state index in [2.05, 4.69) is 51.8 Å². The van der Waals surface area contributed by atoms with Crippen LogP contribution in [0.1, 0.15) is 18.2 Å². The van der Waals surface area contributed by atoms with Gasteiger partial charge in [0.2, 0.25) is 0 Å². The maximum absolute atomic E-state index is 12.1. The first kappa shape index (κ1) is 15.4. The maximum atomic E-state index is 12.1. The van der Waals surface area contributed by atoms with Crippen LogP contribution in [0.2, 0.25) is 0 Å². The summed E-state index contributed by atoms with van der Waals surface area (Å²) in [6, 6.07) is 10.4. The van der Waals surface area contributed by atoms with Crippen molar-refractivity contribution in [2.45, 2.75) is 26.3 Å². The Labute approximate surface area is 136 Å². The van der Waals surface area contributed by atoms with E-state index < -0.39 is 0 Å². The van der Waals surface area contributed by atoms with Crippen molar-refractivity contribution in [2.75, 3.05) is 23.3 Å². The molecular weight excluding hydrogens is 290 g/mol. The Balaban J connectivity index is 1.54. The van der Waals surface area contributed by atoms with Gasteiger partial charge in [0, 0.05) is 37.9 Å². The molecule has 2 heterocycles. The average Bonchev–Trinajstić information content (AvgIpc) is 3.08. The number of amides is 2. The molecule has 122 valence electrons. The Morgan fingerprint density at radius 3 is 2.91 bits per heavy atom. The number of urea groups is 1. The van der Waals surface area contributed by atoms with Crippen molar-refractivity contribution in [3.8, 4) is 0 Å². The number of hydrogen-bond acceptors (Lipinski definition) is 3. The van der Waals surface area contributed by atoms with Crippen molar-refractivity contribution in [1.82, 2.24) is 15.1 Å². The molecule has 0 fully saturated rings. The number of anilines is 2. The lowest BCUT2D eigenvalue weighted by atomic mass is 10.2. The molecule has 0 radical (unpaired) electrons. The summed E-state index contributed by atoms with van der Waals surface area (Å²) in [4.78, 5) is 14.4. The van der Waals surface area contributed by atoms with Gasteiger partial charge in [-0.1, -0.05) is 18.2 Å². The summed E-state index contributed by atoms with van der Waals surface area (Å²) in [6.45, 7) is 5.63. The zero-order valence-corrected chi connectivity index (χ0v) is 13.8. The number of para-hydroxylation sites is 1. The van der Waals surface area contributed by atoms with Crippen molar-refractivity contribution in [3.63, 3.8) is 0 Å². The quantitative estimate of drug-likeness (QED) is 0.910. The third-order valence-corrected chi connectivity index (χ3v) is 4.26. The van der Waals surface area contributed by atoms with Crippen LogP contribution in [0.5, 0.6) is 0 Å². The van der Waals surface area contributed by atoms with Crippen LogP contribution >= 0.6 is 0 Å². The number of benzene rings is 1. The molecule has 1 aliphatic rings. The second-order valence-corrected chi connectivity index (χ2v) is 6.05. The molecule has 0 bridgehead atoms. The Morgan fingerprint density at radius 1 is 1.39 bits per heavy atom. The van der Waals surface area contributed by atoms with Crippen molar-refractivity contribution in [3.05, 3.63) is 41.6 Å². The fraction of sp³-hybridized carbons (Fsp3) is 0.412. The molecule has 0 saturated heterocycles. The lowest BCUT2D eigenvalue weighted by Crippen LogP contribution is -2.43. The van der Waals surface area contributed by atoms with Gasteiger partial charge in [0.05, 0.1) is 5.69 Å². The van der Waals surface area contributed by atoms with Crippen LogP contribution in [-0.2, 0) is 13.5 Å². The van der Waals surface area contributed by atoms with Gasteiger partial charge in [0.25, 0.3) is 0 Å². The number of rotatable bonds is 4. The Morgan fingerprint density at radius 2 is 2.17 bits per heavy atom. The second-order valence-electron chi connectivity index (χ2n) is 6.05. The molecule has 0 unspecified atom stereocenters. The van der Waals surface area contributed by atoms with Crippen LogP contribution in [0.4, 0.5) is 16.3 Å². The van der Waals surface area contributed by atoms with E-state index in [1.165, 1.54) is 11.3 Å². The van der Waals surface area contributed by atoms with Gasteiger partial charge < -0.3 is 10.2 Å². The smallest absolute Gasteiger partial charge is 0.320 e. The lowest BCUT2D eigenvalue weighted by Gasteiger charge is -2.27. The molecule has 2 N–H and O–H groups in total. The van der Waals surface area contributed by atoms with E-state index in [1.807, 2.05) is 20.0 Å². The number of aryl methyl sites for hydroxylation is 2. The summed E-state index contributed by atoms with van der Waals surface area (Å²) in [6.07, 6.45) is 1.07. The van der Waals surface area contributed by atoms with Crippen LogP contribution in [0, 0.1) is 6.92 Å². The molecule has 2 aromatic rings. The summed E-state index contributed by atoms with van der Waals surface area (Å²) < 4.78 is 1.66. The number of nitrogens with one attached hydrogen (secondary N) is 2. The van der Waals surface area contributed by atoms with E-state index in [4.69, 9.17) is 0 Å². The normalized spacial score (nSPS) is 14.5. The van der Waals surface area contributed by atoms with Gasteiger partial charge in [0.15, 0.2) is 0 Å². The summed E-state index contributed by atoms with van der Waals surface area (Å²) >= 11 is 0. The number of carbonyl (C=O) groups excluding carboxylic acids is 1. The lowest BCUT2D eigenvalue weighted by molar-refractivity contribution is 0.251. The topological polar surface area (TPSA) is 62.2 Å². The van der Waals surface area contributed by atoms with Gasteiger partial charge in [0.1, 0.15) is 5.82 Å². The number of nitrogens with zero attached hydrogens (tertiary/aromatic N) is 3. The highest BCUT2D eigenvalue weighted by atomic mass is 16.2. The molecule has 1 aromatic heterocycles. The molecule has 3 rings (SSSR count). The Bertz CT molecular complexity index is 709. The third kappa shape index (κ3) is 3.31. The van der Waals surface area contributed by atoms with Crippen molar-refractivity contribution >= 4 is 17.5 Å². The van der Waals surface area contributed by atoms with E-state index in [0.717, 1.165) is 18.7 Å². The summed E-state index contributed by atoms with van der Waals surface area (Å²) in [5, 5.41) is 9.98. The van der Waals surface area contributed by atoms with E-state index in [1.54, 1.807) is 4.68 Å². The van der Waals surface area contributed by atoms with E-state index in [0.29, 0.717) is 12.4 Å². The van der Waals surface area contributed by atoms with E-state index >= 15 is 0 Å². The molecular formula is C17H23N5O. The minimum atomic E-state index is -0.202. The molecule has 6 nitrogen and oxygen atoms in total. The van der Waals surface area contributed by atoms with Crippen molar-refractivity contribution in [2.24, 2.45) is 7.05 Å². The monoisotopic (exact) mass is 313 g/mol. The Kier molecular flexibility index (Phi) is 4.23. The first-order chi connectivity index (χ1) is 11.0. The number of fused-ring (bicyclic) bond motifs is 1. The number of hydrogen-bond donors (Lipinski definition) is 2. The molecule has 1 aliphatic heterocycles. The molecule has 0 saturated carbocycles. The predicted octanol–water partition coefficient (Wildman–Crippen LogP) is 2.30. The fourth-order valence-corrected chi connectivity index (χ4v) is 3.06. The van der Waals surface area contributed by atoms with Crippen LogP contribution in [0.25, 0.3) is 0 Å². The van der Waals surface area contributed by atoms with Gasteiger partial charge in [-0.15, -0.1) is 0 Å². The minimum Gasteiger partial charge on any atom is -0.366 e. The van der Waals surface area contributed by atoms with E-state index in [-0.39, 0.29) is 12.1 Å². The molecule has 2 amide bonds. The van der Waals surface area contributed by atoms with Gasteiger partial charge in [-0.3, -0.25) is 10.00 Å². The Hall–Kier alpha value is -2.50. The van der Waals surface area contributed by atoms with Crippen LogP contribution < -0.4 is 15.5 Å². The molecule has 0 aliphatic carbocycles. The first-order valence-electron chi connectivity index (χ1n) is 7.94. The highest BCUT2D eigenvalue weighted by molar-refractivity contribution is 5.88. The molecule has 1 atom stereocenters. The standard InChI is InChI=1S/C17H23N5O/c1-12-10-16(21(3)20-12)19-17(23)18-11-13(2)22-9-8-14-6-4-5-7-15(14)22/h4-7,10,13H,8-9,11H2,1-3H3,(H2,18,19,23)/t13-/m1/s1. The fourth-order valence-electron chi connectivity index (χ4n) is 3.06. The van der Waals surface area contributed by atoms with Gasteiger partial charge in [-0.25, -0.2) is 4.79 Å². The average molecular weight is 313 g/mol. The zero-order valence-electron chi connectivity index (χ0n) is 13.8. The molecule has 1 aromatic carbocycles. The SMILES string of the molecule is Cc1cc(NC(=O)NC[C@@H](C)N2CCc3ccccc32)n(C)n1. The zero-order chi connectivity index (χ0) is 16.4. The van der Waals surface area contributed by atoms with Gasteiger partial charge >= 0.3 is 6.03 Å². The van der Waals surface area contributed by atoms with Gasteiger partial charge in [-0.2, -0.15) is 5.10 Å². The molecule has 6 heteroatoms. The second kappa shape index (κ2) is 6.32. The van der Waals surface area contributed by atoms with Crippen LogP contribution in [-0.4, -0.2) is 34.9 Å². The van der Waals surface area contributed by atoms with Crippen LogP contribution in [0.15, 0.2) is 30.3 Å². The highest BCUT2D eigenvalue weighted by Crippen LogP contribution is 2.28. The number of carbonyl (C=O) groups is 1. The van der Waals surface area contributed by atoms with Gasteiger partial charge in [-0.05, 0) is 31.9 Å². The van der Waals surface area contributed by atoms with Crippen molar-refractivity contribution < 1.29 is 4.79 Å².